The van der Waals surface area contributed by atoms with Gasteiger partial charge in [-0.25, -0.2) is 13.2 Å². The predicted octanol–water partition coefficient (Wildman–Crippen LogP) is 5.26. The van der Waals surface area contributed by atoms with Crippen molar-refractivity contribution in [3.8, 4) is 0 Å². The standard InChI is InChI=1S/C26H37NO5SSi/c1-21-13-15-24(16-14-21)33(29,30)27(17-18-32-34(6,7)26(2,3)4)20-23(19-25(28)31-5)22-11-9-8-10-12-22/h8-16,19H,17-18,20H2,1-7H3/b23-19-. The first-order valence-corrected chi connectivity index (χ1v) is 15.7. The molecule has 0 saturated carbocycles. The average Bonchev–Trinajstić information content (AvgIpc) is 2.77. The summed E-state index contributed by atoms with van der Waals surface area (Å²) >= 11 is 0. The molecule has 2 aromatic carbocycles. The van der Waals surface area contributed by atoms with Crippen molar-refractivity contribution < 1.29 is 22.4 Å². The van der Waals surface area contributed by atoms with Crippen LogP contribution in [-0.2, 0) is 24.0 Å². The molecule has 8 heteroatoms. The van der Waals surface area contributed by atoms with Gasteiger partial charge >= 0.3 is 5.97 Å². The van der Waals surface area contributed by atoms with E-state index in [1.807, 2.05) is 37.3 Å². The summed E-state index contributed by atoms with van der Waals surface area (Å²) in [7, 11) is -4.60. The largest absolute Gasteiger partial charge is 0.466 e. The summed E-state index contributed by atoms with van der Waals surface area (Å²) in [4.78, 5) is 12.3. The van der Waals surface area contributed by atoms with Gasteiger partial charge in [-0.3, -0.25) is 0 Å². The second-order valence-electron chi connectivity index (χ2n) is 9.82. The fourth-order valence-electron chi connectivity index (χ4n) is 3.03. The molecule has 0 aromatic heterocycles. The summed E-state index contributed by atoms with van der Waals surface area (Å²) in [6.07, 6.45) is 1.35. The molecule has 0 bridgehead atoms. The van der Waals surface area contributed by atoms with E-state index >= 15 is 0 Å². The Bertz CT molecular complexity index is 1090. The highest BCUT2D eigenvalue weighted by Crippen LogP contribution is 2.36. The minimum atomic E-state index is -3.84. The van der Waals surface area contributed by atoms with E-state index in [1.54, 1.807) is 24.3 Å². The molecule has 2 aromatic rings. The van der Waals surface area contributed by atoms with Crippen LogP contribution in [0.2, 0.25) is 18.1 Å². The van der Waals surface area contributed by atoms with E-state index in [4.69, 9.17) is 9.16 Å². The highest BCUT2D eigenvalue weighted by molar-refractivity contribution is 7.89. The Morgan fingerprint density at radius 1 is 1.03 bits per heavy atom. The highest BCUT2D eigenvalue weighted by atomic mass is 32.2. The minimum Gasteiger partial charge on any atom is -0.466 e. The lowest BCUT2D eigenvalue weighted by Gasteiger charge is -2.36. The van der Waals surface area contributed by atoms with Crippen molar-refractivity contribution in [2.24, 2.45) is 0 Å². The van der Waals surface area contributed by atoms with Gasteiger partial charge in [0.25, 0.3) is 0 Å². The number of carbonyl (C=O) groups excluding carboxylic acids is 1. The Labute approximate surface area is 205 Å². The van der Waals surface area contributed by atoms with Crippen molar-refractivity contribution in [1.82, 2.24) is 4.31 Å². The summed E-state index contributed by atoms with van der Waals surface area (Å²) in [5.41, 5.74) is 2.28. The smallest absolute Gasteiger partial charge is 0.330 e. The Morgan fingerprint density at radius 2 is 1.62 bits per heavy atom. The van der Waals surface area contributed by atoms with Crippen molar-refractivity contribution >= 4 is 29.9 Å². The first kappa shape index (κ1) is 28.0. The number of aryl methyl sites for hydroxylation is 1. The molecule has 0 aliphatic rings. The molecule has 0 amide bonds. The van der Waals surface area contributed by atoms with Crippen LogP contribution in [0.4, 0.5) is 0 Å². The lowest BCUT2D eigenvalue weighted by atomic mass is 10.1. The Hall–Kier alpha value is -2.26. The van der Waals surface area contributed by atoms with Gasteiger partial charge in [-0.15, -0.1) is 0 Å². The Morgan fingerprint density at radius 3 is 2.15 bits per heavy atom. The van der Waals surface area contributed by atoms with Crippen molar-refractivity contribution in [2.75, 3.05) is 26.8 Å². The topological polar surface area (TPSA) is 72.9 Å². The molecular formula is C26H37NO5SSi. The highest BCUT2D eigenvalue weighted by Gasteiger charge is 2.37. The number of ether oxygens (including phenoxy) is 1. The number of esters is 1. The van der Waals surface area contributed by atoms with Crippen molar-refractivity contribution in [3.63, 3.8) is 0 Å². The summed E-state index contributed by atoms with van der Waals surface area (Å²) in [5, 5.41) is 0.00759. The van der Waals surface area contributed by atoms with Crippen LogP contribution >= 0.6 is 0 Å². The number of methoxy groups -OCH3 is 1. The third-order valence-electron chi connectivity index (χ3n) is 6.25. The molecule has 0 radical (unpaired) electrons. The van der Waals surface area contributed by atoms with Gasteiger partial charge in [-0.2, -0.15) is 4.31 Å². The second-order valence-corrected chi connectivity index (χ2v) is 16.6. The van der Waals surface area contributed by atoms with Gasteiger partial charge in [0.1, 0.15) is 0 Å². The van der Waals surface area contributed by atoms with E-state index < -0.39 is 24.3 Å². The normalized spacial score (nSPS) is 13.2. The van der Waals surface area contributed by atoms with E-state index in [9.17, 15) is 13.2 Å². The summed E-state index contributed by atoms with van der Waals surface area (Å²) in [5.74, 6) is -0.538. The zero-order valence-electron chi connectivity index (χ0n) is 21.3. The number of benzene rings is 2. The van der Waals surface area contributed by atoms with Gasteiger partial charge in [-0.05, 0) is 48.3 Å². The maximum Gasteiger partial charge on any atom is 0.330 e. The fourth-order valence-corrected chi connectivity index (χ4v) is 5.46. The molecule has 6 nitrogen and oxygen atoms in total. The molecule has 34 heavy (non-hydrogen) atoms. The van der Waals surface area contributed by atoms with Crippen LogP contribution in [0.5, 0.6) is 0 Å². The zero-order valence-corrected chi connectivity index (χ0v) is 23.1. The van der Waals surface area contributed by atoms with Gasteiger partial charge in [0.2, 0.25) is 10.0 Å². The minimum absolute atomic E-state index is 0.00759. The molecule has 0 atom stereocenters. The van der Waals surface area contributed by atoms with E-state index in [0.29, 0.717) is 5.57 Å². The van der Waals surface area contributed by atoms with E-state index in [0.717, 1.165) is 11.1 Å². The second kappa shape index (κ2) is 11.4. The fraction of sp³-hybridized carbons (Fsp3) is 0.423. The lowest BCUT2D eigenvalue weighted by Crippen LogP contribution is -2.43. The van der Waals surface area contributed by atoms with E-state index in [2.05, 4.69) is 33.9 Å². The number of rotatable bonds is 10. The van der Waals surface area contributed by atoms with Gasteiger partial charge in [-0.1, -0.05) is 68.8 Å². The van der Waals surface area contributed by atoms with Gasteiger partial charge in [0.05, 0.1) is 12.0 Å². The number of sulfonamides is 1. The van der Waals surface area contributed by atoms with Crippen LogP contribution in [0.25, 0.3) is 5.57 Å². The molecule has 0 spiro atoms. The number of hydrogen-bond acceptors (Lipinski definition) is 5. The Balaban J connectivity index is 2.43. The van der Waals surface area contributed by atoms with Crippen molar-refractivity contribution in [2.45, 2.75) is 50.7 Å². The first-order valence-electron chi connectivity index (χ1n) is 11.3. The lowest BCUT2D eigenvalue weighted by molar-refractivity contribution is -0.134. The van der Waals surface area contributed by atoms with Gasteiger partial charge in [0, 0.05) is 25.8 Å². The SMILES string of the molecule is COC(=O)/C=C(/CN(CCO[Si](C)(C)C(C)(C)C)S(=O)(=O)c1ccc(C)cc1)c1ccccc1. The van der Waals surface area contributed by atoms with E-state index in [-0.39, 0.29) is 29.6 Å². The summed E-state index contributed by atoms with van der Waals surface area (Å²) < 4.78 is 39.8. The molecule has 186 valence electrons. The monoisotopic (exact) mass is 503 g/mol. The first-order chi connectivity index (χ1) is 15.8. The molecule has 0 N–H and O–H groups in total. The third kappa shape index (κ3) is 7.37. The number of carbonyl (C=O) groups is 1. The van der Waals surface area contributed by atoms with E-state index in [1.165, 1.54) is 17.5 Å². The molecule has 0 saturated heterocycles. The van der Waals surface area contributed by atoms with Crippen LogP contribution in [0.3, 0.4) is 0 Å². The van der Waals surface area contributed by atoms with Crippen LogP contribution in [0.15, 0.2) is 65.6 Å². The summed E-state index contributed by atoms with van der Waals surface area (Å²) in [6.45, 7) is 13.1. The number of nitrogens with zero attached hydrogens (tertiary/aromatic N) is 1. The molecule has 0 heterocycles. The predicted molar refractivity (Wildman–Crippen MR) is 140 cm³/mol. The van der Waals surface area contributed by atoms with Crippen LogP contribution in [0.1, 0.15) is 31.9 Å². The third-order valence-corrected chi connectivity index (χ3v) is 12.7. The quantitative estimate of drug-likeness (QED) is 0.251. The average molecular weight is 504 g/mol. The Kier molecular flexibility index (Phi) is 9.42. The van der Waals surface area contributed by atoms with Gasteiger partial charge < -0.3 is 9.16 Å². The maximum absolute atomic E-state index is 13.7. The molecular weight excluding hydrogens is 466 g/mol. The molecule has 0 unspecified atom stereocenters. The van der Waals surface area contributed by atoms with Crippen LogP contribution < -0.4 is 0 Å². The van der Waals surface area contributed by atoms with Crippen molar-refractivity contribution in [3.05, 3.63) is 71.8 Å². The molecule has 0 aliphatic heterocycles. The van der Waals surface area contributed by atoms with Crippen molar-refractivity contribution in [1.29, 1.82) is 0 Å². The molecule has 0 fully saturated rings. The zero-order chi connectivity index (χ0) is 25.6. The van der Waals surface area contributed by atoms with Crippen LogP contribution in [0, 0.1) is 6.92 Å². The molecule has 0 aliphatic carbocycles. The van der Waals surface area contributed by atoms with Gasteiger partial charge in [0.15, 0.2) is 8.32 Å². The summed E-state index contributed by atoms with van der Waals surface area (Å²) in [6, 6.07) is 16.0. The maximum atomic E-state index is 13.7. The van der Waals surface area contributed by atoms with Crippen LogP contribution in [-0.4, -0.2) is 53.8 Å². The number of hydrogen-bond donors (Lipinski definition) is 0. The molecule has 2 rings (SSSR count).